The van der Waals surface area contributed by atoms with Gasteiger partial charge in [0.05, 0.1) is 5.69 Å². The lowest BCUT2D eigenvalue weighted by Gasteiger charge is -2.08. The normalized spacial score (nSPS) is 12.3. The van der Waals surface area contributed by atoms with Crippen molar-refractivity contribution in [2.24, 2.45) is 0 Å². The molecule has 2 heterocycles. The van der Waals surface area contributed by atoms with Crippen LogP contribution in [0.1, 0.15) is 29.9 Å². The van der Waals surface area contributed by atoms with Gasteiger partial charge >= 0.3 is 0 Å². The number of aromatic amines is 1. The van der Waals surface area contributed by atoms with Gasteiger partial charge in [0, 0.05) is 17.0 Å². The molecule has 2 aromatic heterocycles. The van der Waals surface area contributed by atoms with Crippen LogP contribution in [0.25, 0.3) is 0 Å². The number of hydrogen-bond donors (Lipinski definition) is 2. The molecule has 0 saturated heterocycles. The Morgan fingerprint density at radius 2 is 2.05 bits per heavy atom. The summed E-state index contributed by atoms with van der Waals surface area (Å²) in [6.45, 7) is 4.04. The van der Waals surface area contributed by atoms with Crippen molar-refractivity contribution in [2.75, 3.05) is 5.32 Å². The first kappa shape index (κ1) is 12.7. The van der Waals surface area contributed by atoms with Crippen LogP contribution in [0.15, 0.2) is 29.6 Å². The summed E-state index contributed by atoms with van der Waals surface area (Å²) in [5.74, 6) is 0.811. The lowest BCUT2D eigenvalue weighted by Crippen LogP contribution is -1.99. The first-order valence-corrected chi connectivity index (χ1v) is 7.13. The number of thiazole rings is 1. The summed E-state index contributed by atoms with van der Waals surface area (Å²) >= 11 is 1.60. The van der Waals surface area contributed by atoms with Crippen molar-refractivity contribution in [1.29, 1.82) is 0 Å². The van der Waals surface area contributed by atoms with Gasteiger partial charge < -0.3 is 5.32 Å². The van der Waals surface area contributed by atoms with Gasteiger partial charge in [0.15, 0.2) is 11.0 Å². The van der Waals surface area contributed by atoms with Crippen LogP contribution < -0.4 is 5.32 Å². The molecule has 1 aromatic carbocycles. The molecule has 2 N–H and O–H groups in total. The molecule has 0 amide bonds. The molecule has 0 saturated carbocycles. The highest BCUT2D eigenvalue weighted by atomic mass is 32.1. The Hall–Kier alpha value is -2.28. The molecule has 3 aromatic rings. The molecule has 0 radical (unpaired) electrons. The maximum absolute atomic E-state index is 4.38. The average molecular weight is 286 g/mol. The molecule has 20 heavy (non-hydrogen) atoms. The summed E-state index contributed by atoms with van der Waals surface area (Å²) < 4.78 is 0. The summed E-state index contributed by atoms with van der Waals surface area (Å²) in [4.78, 5) is 4.38. The number of aromatic nitrogens is 5. The lowest BCUT2D eigenvalue weighted by atomic mass is 10.0. The Morgan fingerprint density at radius 3 is 2.65 bits per heavy atom. The van der Waals surface area contributed by atoms with Gasteiger partial charge in [-0.15, -0.1) is 21.5 Å². The van der Waals surface area contributed by atoms with Crippen LogP contribution >= 0.6 is 11.3 Å². The van der Waals surface area contributed by atoms with Crippen LogP contribution in [0.5, 0.6) is 0 Å². The second-order valence-corrected chi connectivity index (χ2v) is 5.39. The number of nitrogens with zero attached hydrogens (tertiary/aromatic N) is 4. The molecule has 0 aliphatic carbocycles. The third-order valence-electron chi connectivity index (χ3n) is 3.03. The Balaban J connectivity index is 1.74. The van der Waals surface area contributed by atoms with Crippen molar-refractivity contribution in [1.82, 2.24) is 25.6 Å². The van der Waals surface area contributed by atoms with Gasteiger partial charge in [0.25, 0.3) is 0 Å². The monoisotopic (exact) mass is 286 g/mol. The maximum atomic E-state index is 4.38. The molecule has 3 rings (SSSR count). The van der Waals surface area contributed by atoms with E-state index in [2.05, 4.69) is 50.0 Å². The minimum absolute atomic E-state index is 0.116. The van der Waals surface area contributed by atoms with Gasteiger partial charge in [-0.3, -0.25) is 0 Å². The van der Waals surface area contributed by atoms with E-state index in [1.165, 1.54) is 0 Å². The Morgan fingerprint density at radius 1 is 1.25 bits per heavy atom. The number of rotatable bonds is 4. The molecule has 6 nitrogen and oxygen atoms in total. The van der Waals surface area contributed by atoms with E-state index in [1.807, 2.05) is 24.4 Å². The third kappa shape index (κ3) is 2.67. The SMILES string of the molecule is Cc1csc(Nc2ccc(C(C)c3nn[nH]n3)cc2)n1. The average Bonchev–Trinajstić information content (AvgIpc) is 3.11. The topological polar surface area (TPSA) is 79.4 Å². The maximum Gasteiger partial charge on any atom is 0.187 e. The summed E-state index contributed by atoms with van der Waals surface area (Å²) in [5, 5.41) is 20.3. The van der Waals surface area contributed by atoms with E-state index in [1.54, 1.807) is 11.3 Å². The van der Waals surface area contributed by atoms with Crippen LogP contribution in [0.3, 0.4) is 0 Å². The van der Waals surface area contributed by atoms with Crippen LogP contribution in [0.4, 0.5) is 10.8 Å². The van der Waals surface area contributed by atoms with E-state index in [-0.39, 0.29) is 5.92 Å². The lowest BCUT2D eigenvalue weighted by molar-refractivity contribution is 0.821. The molecule has 1 atom stereocenters. The molecular formula is C13H14N6S. The zero-order chi connectivity index (χ0) is 13.9. The predicted molar refractivity (Wildman–Crippen MR) is 78.3 cm³/mol. The summed E-state index contributed by atoms with van der Waals surface area (Å²) in [6, 6.07) is 8.18. The summed E-state index contributed by atoms with van der Waals surface area (Å²) in [6.07, 6.45) is 0. The minimum Gasteiger partial charge on any atom is -0.332 e. The number of aryl methyl sites for hydroxylation is 1. The Kier molecular flexibility index (Phi) is 3.42. The summed E-state index contributed by atoms with van der Waals surface area (Å²) in [7, 11) is 0. The van der Waals surface area contributed by atoms with Gasteiger partial charge in [-0.05, 0) is 24.6 Å². The highest BCUT2D eigenvalue weighted by Crippen LogP contribution is 2.24. The summed E-state index contributed by atoms with van der Waals surface area (Å²) in [5.41, 5.74) is 3.19. The van der Waals surface area contributed by atoms with Crippen LogP contribution in [0.2, 0.25) is 0 Å². The van der Waals surface area contributed by atoms with Crippen LogP contribution in [0, 0.1) is 6.92 Å². The fourth-order valence-corrected chi connectivity index (χ4v) is 2.60. The van der Waals surface area contributed by atoms with Gasteiger partial charge in [-0.1, -0.05) is 24.3 Å². The second-order valence-electron chi connectivity index (χ2n) is 4.53. The minimum atomic E-state index is 0.116. The van der Waals surface area contributed by atoms with E-state index in [0.717, 1.165) is 22.1 Å². The fraction of sp³-hybridized carbons (Fsp3) is 0.231. The molecule has 0 aliphatic heterocycles. The first-order valence-electron chi connectivity index (χ1n) is 6.25. The quantitative estimate of drug-likeness (QED) is 0.771. The zero-order valence-corrected chi connectivity index (χ0v) is 12.0. The van der Waals surface area contributed by atoms with Gasteiger partial charge in [0.1, 0.15) is 0 Å². The number of hydrogen-bond acceptors (Lipinski definition) is 6. The number of H-pyrrole nitrogens is 1. The highest BCUT2D eigenvalue weighted by molar-refractivity contribution is 7.13. The Labute approximate surface area is 120 Å². The molecule has 0 fully saturated rings. The number of nitrogens with one attached hydrogen (secondary N) is 2. The van der Waals surface area contributed by atoms with Crippen molar-refractivity contribution in [2.45, 2.75) is 19.8 Å². The van der Waals surface area contributed by atoms with Crippen LogP contribution in [-0.2, 0) is 0 Å². The number of anilines is 2. The number of tetrazole rings is 1. The van der Waals surface area contributed by atoms with Crippen molar-refractivity contribution in [3.63, 3.8) is 0 Å². The van der Waals surface area contributed by atoms with Gasteiger partial charge in [0.2, 0.25) is 0 Å². The van der Waals surface area contributed by atoms with Gasteiger partial charge in [-0.25, -0.2) is 4.98 Å². The standard InChI is InChI=1S/C13H14N6S/c1-8-7-20-13(14-8)15-11-5-3-10(4-6-11)9(2)12-16-18-19-17-12/h3-7,9H,1-2H3,(H,14,15)(H,16,17,18,19). The molecule has 0 aliphatic rings. The molecule has 7 heteroatoms. The van der Waals surface area contributed by atoms with Crippen molar-refractivity contribution >= 4 is 22.2 Å². The second kappa shape index (κ2) is 5.38. The van der Waals surface area contributed by atoms with Crippen molar-refractivity contribution in [3.8, 4) is 0 Å². The Bertz CT molecular complexity index is 673. The zero-order valence-electron chi connectivity index (χ0n) is 11.2. The first-order chi connectivity index (χ1) is 9.72. The molecule has 0 spiro atoms. The largest absolute Gasteiger partial charge is 0.332 e. The van der Waals surface area contributed by atoms with E-state index in [4.69, 9.17) is 0 Å². The van der Waals surface area contributed by atoms with Crippen LogP contribution in [-0.4, -0.2) is 25.6 Å². The molecule has 102 valence electrons. The van der Waals surface area contributed by atoms with Crippen molar-refractivity contribution < 1.29 is 0 Å². The highest BCUT2D eigenvalue weighted by Gasteiger charge is 2.12. The molecule has 1 unspecified atom stereocenters. The van der Waals surface area contributed by atoms with E-state index in [9.17, 15) is 0 Å². The van der Waals surface area contributed by atoms with E-state index < -0.39 is 0 Å². The smallest absolute Gasteiger partial charge is 0.187 e. The van der Waals surface area contributed by atoms with E-state index >= 15 is 0 Å². The molecule has 0 bridgehead atoms. The third-order valence-corrected chi connectivity index (χ3v) is 3.91. The van der Waals surface area contributed by atoms with E-state index in [0.29, 0.717) is 5.82 Å². The number of benzene rings is 1. The predicted octanol–water partition coefficient (Wildman–Crippen LogP) is 2.86. The fourth-order valence-electron chi connectivity index (χ4n) is 1.89. The molecular weight excluding hydrogens is 272 g/mol. The van der Waals surface area contributed by atoms with Gasteiger partial charge in [-0.2, -0.15) is 5.21 Å². The van der Waals surface area contributed by atoms with Crippen molar-refractivity contribution in [3.05, 3.63) is 46.7 Å².